The number of fused-ring (bicyclic) bond motifs is 2. The van der Waals surface area contributed by atoms with Crippen molar-refractivity contribution in [1.82, 2.24) is 9.47 Å². The number of likely N-dealkylation sites (tertiary alicyclic amines) is 1. The Morgan fingerprint density at radius 3 is 2.71 bits per heavy atom. The summed E-state index contributed by atoms with van der Waals surface area (Å²) in [7, 11) is 0. The van der Waals surface area contributed by atoms with E-state index in [4.69, 9.17) is 9.47 Å². The maximum absolute atomic E-state index is 12.6. The molecule has 1 aromatic heterocycles. The number of hydrogen-bond donors (Lipinski definition) is 0. The molecule has 3 heterocycles. The third-order valence-corrected chi connectivity index (χ3v) is 6.41. The lowest BCUT2D eigenvalue weighted by Gasteiger charge is -2.45. The summed E-state index contributed by atoms with van der Waals surface area (Å²) < 4.78 is 14.2. The normalized spacial score (nSPS) is 20.8. The maximum atomic E-state index is 12.6. The van der Waals surface area contributed by atoms with Gasteiger partial charge in [0, 0.05) is 25.5 Å². The molecular weight excluding hydrogens is 352 g/mol. The van der Waals surface area contributed by atoms with E-state index in [1.54, 1.807) is 0 Å². The fourth-order valence-electron chi connectivity index (χ4n) is 4.51. The van der Waals surface area contributed by atoms with Crippen LogP contribution < -0.4 is 4.74 Å². The quantitative estimate of drug-likeness (QED) is 0.799. The Labute approximate surface area is 166 Å². The van der Waals surface area contributed by atoms with Gasteiger partial charge in [0.25, 0.3) is 0 Å². The Hall–Kier alpha value is -2.27. The van der Waals surface area contributed by atoms with Gasteiger partial charge in [0.1, 0.15) is 12.3 Å². The molecule has 3 aliphatic rings. The highest BCUT2D eigenvalue weighted by atomic mass is 16.5. The van der Waals surface area contributed by atoms with Gasteiger partial charge in [-0.1, -0.05) is 6.07 Å². The number of nitrogens with zero attached hydrogens (tertiary/aromatic N) is 2. The number of carbonyl (C=O) groups excluding carboxylic acids is 1. The van der Waals surface area contributed by atoms with E-state index in [1.165, 1.54) is 24.0 Å². The van der Waals surface area contributed by atoms with Gasteiger partial charge in [0.05, 0.1) is 18.8 Å². The minimum Gasteiger partial charge on any atom is -0.493 e. The van der Waals surface area contributed by atoms with Crippen LogP contribution in [-0.2, 0) is 28.1 Å². The van der Waals surface area contributed by atoms with E-state index in [1.807, 2.05) is 34.0 Å². The van der Waals surface area contributed by atoms with Gasteiger partial charge in [-0.2, -0.15) is 0 Å². The number of benzene rings is 1. The number of hydrogen-bond acceptors (Lipinski definition) is 3. The highest BCUT2D eigenvalue weighted by molar-refractivity contribution is 5.76. The van der Waals surface area contributed by atoms with Gasteiger partial charge >= 0.3 is 0 Å². The van der Waals surface area contributed by atoms with E-state index >= 15 is 0 Å². The van der Waals surface area contributed by atoms with Gasteiger partial charge in [0.2, 0.25) is 5.91 Å². The van der Waals surface area contributed by atoms with E-state index < -0.39 is 0 Å². The van der Waals surface area contributed by atoms with Crippen molar-refractivity contribution in [2.24, 2.45) is 5.92 Å². The highest BCUT2D eigenvalue weighted by Gasteiger charge is 2.41. The average molecular weight is 380 g/mol. The van der Waals surface area contributed by atoms with Gasteiger partial charge in [-0.15, -0.1) is 0 Å². The minimum absolute atomic E-state index is 0.186. The summed E-state index contributed by atoms with van der Waals surface area (Å²) in [5.41, 5.74) is 2.41. The Balaban J connectivity index is 1.26. The fraction of sp³-hybridized carbons (Fsp3) is 0.522. The van der Waals surface area contributed by atoms with Crippen LogP contribution in [0.25, 0.3) is 0 Å². The second kappa shape index (κ2) is 7.28. The number of rotatable bonds is 5. The van der Waals surface area contributed by atoms with Gasteiger partial charge in [-0.3, -0.25) is 4.79 Å². The zero-order valence-electron chi connectivity index (χ0n) is 16.3. The van der Waals surface area contributed by atoms with Crippen LogP contribution in [0.4, 0.5) is 0 Å². The summed E-state index contributed by atoms with van der Waals surface area (Å²) in [6, 6.07) is 10.4. The lowest BCUT2D eigenvalue weighted by atomic mass is 9.79. The van der Waals surface area contributed by atoms with Crippen LogP contribution in [0.2, 0.25) is 0 Å². The smallest absolute Gasteiger partial charge is 0.242 e. The third-order valence-electron chi connectivity index (χ3n) is 6.41. The minimum atomic E-state index is -0.243. The molecule has 1 aromatic carbocycles. The Morgan fingerprint density at radius 1 is 1.18 bits per heavy atom. The number of amides is 1. The Morgan fingerprint density at radius 2 is 1.96 bits per heavy atom. The molecule has 0 atom stereocenters. The second-order valence-corrected chi connectivity index (χ2v) is 8.40. The van der Waals surface area contributed by atoms with Crippen LogP contribution in [0.1, 0.15) is 36.8 Å². The molecule has 2 aromatic rings. The van der Waals surface area contributed by atoms with E-state index in [-0.39, 0.29) is 11.5 Å². The van der Waals surface area contributed by atoms with Crippen molar-refractivity contribution in [2.45, 2.75) is 44.2 Å². The van der Waals surface area contributed by atoms with E-state index in [0.29, 0.717) is 6.54 Å². The molecule has 1 spiro atoms. The molecule has 1 aliphatic carbocycles. The Kier molecular flexibility index (Phi) is 4.63. The van der Waals surface area contributed by atoms with Crippen molar-refractivity contribution >= 4 is 5.91 Å². The summed E-state index contributed by atoms with van der Waals surface area (Å²) in [4.78, 5) is 14.6. The molecule has 5 nitrogen and oxygen atoms in total. The average Bonchev–Trinajstić information content (AvgIpc) is 3.41. The van der Waals surface area contributed by atoms with Gasteiger partial charge in [-0.05, 0) is 73.4 Å². The number of piperidine rings is 1. The fourth-order valence-corrected chi connectivity index (χ4v) is 4.51. The molecule has 2 aliphatic heterocycles. The third kappa shape index (κ3) is 3.55. The summed E-state index contributed by atoms with van der Waals surface area (Å²) in [6.45, 7) is 3.51. The summed E-state index contributed by atoms with van der Waals surface area (Å²) >= 11 is 0. The van der Waals surface area contributed by atoms with Crippen molar-refractivity contribution in [3.05, 3.63) is 53.9 Å². The van der Waals surface area contributed by atoms with Crippen LogP contribution in [0.3, 0.4) is 0 Å². The number of carbonyl (C=O) groups is 1. The van der Waals surface area contributed by atoms with Gasteiger partial charge in [-0.25, -0.2) is 0 Å². The molecule has 0 unspecified atom stereocenters. The largest absolute Gasteiger partial charge is 0.493 e. The Bertz CT molecular complexity index is 834. The van der Waals surface area contributed by atoms with Crippen molar-refractivity contribution in [1.29, 1.82) is 0 Å². The molecule has 1 amide bonds. The molecule has 2 fully saturated rings. The molecule has 0 N–H and O–H groups in total. The van der Waals surface area contributed by atoms with Gasteiger partial charge < -0.3 is 18.9 Å². The first kappa shape index (κ1) is 17.8. The predicted octanol–water partition coefficient (Wildman–Crippen LogP) is 3.37. The molecule has 1 saturated carbocycles. The zero-order chi connectivity index (χ0) is 19.0. The monoisotopic (exact) mass is 380 g/mol. The van der Waals surface area contributed by atoms with Gasteiger partial charge in [0.15, 0.2) is 0 Å². The summed E-state index contributed by atoms with van der Waals surface area (Å²) in [6.07, 6.45) is 9.15. The molecule has 0 bridgehead atoms. The molecule has 1 saturated heterocycles. The number of ether oxygens (including phenoxy) is 2. The van der Waals surface area contributed by atoms with Crippen LogP contribution in [-0.4, -0.2) is 41.7 Å². The van der Waals surface area contributed by atoms with Crippen molar-refractivity contribution < 1.29 is 14.3 Å². The molecule has 148 valence electrons. The van der Waals surface area contributed by atoms with E-state index in [0.717, 1.165) is 57.2 Å². The van der Waals surface area contributed by atoms with Crippen LogP contribution in [0.5, 0.6) is 5.75 Å². The maximum Gasteiger partial charge on any atom is 0.242 e. The van der Waals surface area contributed by atoms with Crippen LogP contribution in [0, 0.1) is 5.92 Å². The molecule has 5 heteroatoms. The first-order valence-electron chi connectivity index (χ1n) is 10.5. The SMILES string of the molecule is O=C(Cn1cccc1)N1CCC2(CC1)OCCc1cc(OCC3CC3)ccc12. The topological polar surface area (TPSA) is 43.7 Å². The van der Waals surface area contributed by atoms with Crippen LogP contribution in [0.15, 0.2) is 42.7 Å². The van der Waals surface area contributed by atoms with Crippen LogP contribution >= 0.6 is 0 Å². The predicted molar refractivity (Wildman–Crippen MR) is 106 cm³/mol. The molecule has 5 rings (SSSR count). The highest BCUT2D eigenvalue weighted by Crippen LogP contribution is 2.42. The molecule has 0 radical (unpaired) electrons. The first-order chi connectivity index (χ1) is 13.7. The first-order valence-corrected chi connectivity index (χ1v) is 10.5. The van der Waals surface area contributed by atoms with E-state index in [2.05, 4.69) is 18.2 Å². The van der Waals surface area contributed by atoms with E-state index in [9.17, 15) is 4.79 Å². The summed E-state index contributed by atoms with van der Waals surface area (Å²) in [5.74, 6) is 1.94. The van der Waals surface area contributed by atoms with Crippen molar-refractivity contribution in [2.75, 3.05) is 26.3 Å². The second-order valence-electron chi connectivity index (χ2n) is 8.40. The number of aromatic nitrogens is 1. The van der Waals surface area contributed by atoms with Crippen molar-refractivity contribution in [3.63, 3.8) is 0 Å². The lowest BCUT2D eigenvalue weighted by Crippen LogP contribution is -2.49. The molecule has 28 heavy (non-hydrogen) atoms. The summed E-state index contributed by atoms with van der Waals surface area (Å²) in [5, 5.41) is 0. The van der Waals surface area contributed by atoms with Crippen molar-refractivity contribution in [3.8, 4) is 5.75 Å². The molecular formula is C23H28N2O3. The zero-order valence-corrected chi connectivity index (χ0v) is 16.3. The lowest BCUT2D eigenvalue weighted by molar-refractivity contribution is -0.141. The standard InChI is InChI=1S/C23H28N2O3/c26-22(16-24-10-1-2-11-24)25-12-8-23(9-13-25)21-6-5-20(27-17-18-3-4-18)15-19(21)7-14-28-23/h1-2,5-6,10-11,15,18H,3-4,7-9,12-14,16-17H2.